The zero-order chi connectivity index (χ0) is 20.5. The Labute approximate surface area is 149 Å². The van der Waals surface area contributed by atoms with Crippen LogP contribution in [0.15, 0.2) is 0 Å². The van der Waals surface area contributed by atoms with Crippen LogP contribution in [-0.2, 0) is 0 Å². The van der Waals surface area contributed by atoms with Crippen molar-refractivity contribution in [2.24, 2.45) is 47.3 Å². The number of fused-ring (bicyclic) bond motifs is 9. The lowest BCUT2D eigenvalue weighted by Crippen LogP contribution is -2.77. The molecule has 0 saturated heterocycles. The normalized spacial score (nSPS) is 51.1. The quantitative estimate of drug-likeness (QED) is 0.477. The van der Waals surface area contributed by atoms with Gasteiger partial charge < -0.3 is 5.11 Å². The third-order valence-electron chi connectivity index (χ3n) is 8.40. The van der Waals surface area contributed by atoms with E-state index in [1.165, 1.54) is 0 Å². The summed E-state index contributed by atoms with van der Waals surface area (Å²) in [5.74, 6) is -11.6. The van der Waals surface area contributed by atoms with Gasteiger partial charge in [0, 0.05) is 11.8 Å². The Morgan fingerprint density at radius 3 is 1.56 bits per heavy atom. The molecule has 1 N–H and O–H groups in total. The molecule has 4 fully saturated rings. The molecule has 4 saturated carbocycles. The van der Waals surface area contributed by atoms with Crippen LogP contribution in [0.25, 0.3) is 0 Å². The number of rotatable bonds is 1. The third-order valence-corrected chi connectivity index (χ3v) is 8.40. The van der Waals surface area contributed by atoms with Gasteiger partial charge in [0.2, 0.25) is 5.67 Å². The summed E-state index contributed by atoms with van der Waals surface area (Å²) in [5, 5.41) is 9.60. The van der Waals surface area contributed by atoms with Gasteiger partial charge in [-0.05, 0) is 48.3 Å². The molecule has 4 aliphatic carbocycles. The number of hydrogen-bond donors (Lipinski definition) is 1. The zero-order valence-electron chi connectivity index (χ0n) is 14.4. The largest absolute Gasteiger partial charge is 0.429 e. The van der Waals surface area contributed by atoms with Crippen molar-refractivity contribution in [2.45, 2.75) is 56.2 Å². The van der Waals surface area contributed by atoms with E-state index in [2.05, 4.69) is 0 Å². The van der Waals surface area contributed by atoms with Crippen LogP contribution in [0.4, 0.5) is 39.5 Å². The molecular formula is C17H19F9O. The fourth-order valence-corrected chi connectivity index (χ4v) is 7.25. The molecule has 0 aliphatic heterocycles. The maximum Gasteiger partial charge on any atom is 0.429 e. The summed E-state index contributed by atoms with van der Waals surface area (Å²) in [4.78, 5) is 0. The molecule has 10 heteroatoms. The lowest BCUT2D eigenvalue weighted by atomic mass is 9.57. The highest BCUT2D eigenvalue weighted by molar-refractivity contribution is 5.31. The number of alkyl halides is 9. The van der Waals surface area contributed by atoms with Gasteiger partial charge in [-0.1, -0.05) is 13.8 Å². The lowest BCUT2D eigenvalue weighted by Gasteiger charge is -2.54. The van der Waals surface area contributed by atoms with Gasteiger partial charge in [0.15, 0.2) is 0 Å². The molecule has 0 amide bonds. The smallest absolute Gasteiger partial charge is 0.371 e. The number of aliphatic hydroxyl groups is 1. The molecule has 1 nitrogen and oxygen atoms in total. The first-order chi connectivity index (χ1) is 12.0. The van der Waals surface area contributed by atoms with Crippen LogP contribution in [0.3, 0.4) is 0 Å². The molecule has 9 atom stereocenters. The molecule has 27 heavy (non-hydrogen) atoms. The molecule has 0 radical (unpaired) electrons. The van der Waals surface area contributed by atoms with Crippen molar-refractivity contribution < 1.29 is 44.6 Å². The van der Waals surface area contributed by atoms with Gasteiger partial charge in [-0.2, -0.15) is 26.3 Å². The highest BCUT2D eigenvalue weighted by Crippen LogP contribution is 2.79. The first-order valence-electron chi connectivity index (χ1n) is 8.96. The van der Waals surface area contributed by atoms with E-state index in [1.807, 2.05) is 6.92 Å². The summed E-state index contributed by atoms with van der Waals surface area (Å²) in [6, 6.07) is 0. The molecule has 0 aromatic rings. The van der Waals surface area contributed by atoms with Crippen molar-refractivity contribution in [1.29, 1.82) is 0 Å². The summed E-state index contributed by atoms with van der Waals surface area (Å²) in [6.07, 6.45) is -13.6. The Bertz CT molecular complexity index is 642. The Kier molecular flexibility index (Phi) is 3.56. The zero-order valence-corrected chi connectivity index (χ0v) is 14.4. The van der Waals surface area contributed by atoms with Crippen molar-refractivity contribution >= 4 is 0 Å². The van der Waals surface area contributed by atoms with E-state index in [0.29, 0.717) is 6.42 Å². The monoisotopic (exact) mass is 410 g/mol. The number of hydrogen-bond acceptors (Lipinski definition) is 1. The van der Waals surface area contributed by atoms with Crippen LogP contribution < -0.4 is 0 Å². The van der Waals surface area contributed by atoms with E-state index < -0.39 is 65.6 Å². The lowest BCUT2D eigenvalue weighted by molar-refractivity contribution is -0.435. The molecule has 0 heterocycles. The summed E-state index contributed by atoms with van der Waals surface area (Å²) in [7, 11) is 0. The molecule has 4 aliphatic rings. The maximum absolute atomic E-state index is 15.6. The maximum atomic E-state index is 15.6. The Morgan fingerprint density at radius 1 is 0.741 bits per heavy atom. The second-order valence-corrected chi connectivity index (χ2v) is 8.93. The van der Waals surface area contributed by atoms with Gasteiger partial charge in [0.1, 0.15) is 0 Å². The average molecular weight is 410 g/mol. The van der Waals surface area contributed by atoms with Gasteiger partial charge in [-0.25, -0.2) is 13.2 Å². The van der Waals surface area contributed by atoms with Crippen molar-refractivity contribution in [1.82, 2.24) is 0 Å². The van der Waals surface area contributed by atoms with Crippen molar-refractivity contribution in [3.05, 3.63) is 0 Å². The summed E-state index contributed by atoms with van der Waals surface area (Å²) >= 11 is 0. The SMILES string of the molecule is CC1C(C)C2CC1C1C2C2CC1C(F)(F)C2(F)C(O)(C(F)(F)F)C(F)(F)F. The Hall–Kier alpha value is -0.670. The predicted molar refractivity (Wildman–Crippen MR) is 74.3 cm³/mol. The van der Waals surface area contributed by atoms with E-state index in [1.54, 1.807) is 6.92 Å². The molecule has 9 unspecified atom stereocenters. The van der Waals surface area contributed by atoms with Crippen molar-refractivity contribution in [3.8, 4) is 0 Å². The highest BCUT2D eigenvalue weighted by atomic mass is 19.4. The minimum absolute atomic E-state index is 0.00419. The molecule has 0 aromatic heterocycles. The van der Waals surface area contributed by atoms with Crippen LogP contribution in [0, 0.1) is 47.3 Å². The van der Waals surface area contributed by atoms with Crippen LogP contribution in [0.1, 0.15) is 26.7 Å². The standard InChI is InChI=1S/C17H19F9O/c1-5-6(2)8-3-7(5)11-9-4-10(12(8)11)14(19,20)13(9,18)15(27,16(21,22)23)17(24,25)26/h5-12,27H,3-4H2,1-2H3. The van der Waals surface area contributed by atoms with E-state index >= 15 is 4.39 Å². The molecule has 0 spiro atoms. The first kappa shape index (κ1) is 19.6. The summed E-state index contributed by atoms with van der Waals surface area (Å²) < 4.78 is 125. The van der Waals surface area contributed by atoms with E-state index in [-0.39, 0.29) is 17.8 Å². The number of halogens is 9. The molecule has 4 bridgehead atoms. The minimum atomic E-state index is -6.63. The van der Waals surface area contributed by atoms with Crippen molar-refractivity contribution in [2.75, 3.05) is 0 Å². The van der Waals surface area contributed by atoms with Crippen LogP contribution in [0.5, 0.6) is 0 Å². The summed E-state index contributed by atoms with van der Waals surface area (Å²) in [5.41, 5.74) is -11.2. The fraction of sp³-hybridized carbons (Fsp3) is 1.00. The van der Waals surface area contributed by atoms with Crippen LogP contribution in [0.2, 0.25) is 0 Å². The van der Waals surface area contributed by atoms with Gasteiger partial charge in [-0.15, -0.1) is 0 Å². The molecule has 156 valence electrons. The first-order valence-corrected chi connectivity index (χ1v) is 8.96. The highest BCUT2D eigenvalue weighted by Gasteiger charge is 2.94. The minimum Gasteiger partial charge on any atom is -0.371 e. The molecular weight excluding hydrogens is 391 g/mol. The second-order valence-electron chi connectivity index (χ2n) is 8.93. The molecule has 0 aromatic carbocycles. The van der Waals surface area contributed by atoms with Crippen LogP contribution in [-0.4, -0.2) is 34.7 Å². The van der Waals surface area contributed by atoms with E-state index in [0.717, 1.165) is 0 Å². The van der Waals surface area contributed by atoms with Crippen molar-refractivity contribution in [3.63, 3.8) is 0 Å². The van der Waals surface area contributed by atoms with E-state index in [9.17, 15) is 40.2 Å². The fourth-order valence-electron chi connectivity index (χ4n) is 7.25. The average Bonchev–Trinajstić information content (AvgIpc) is 3.17. The second kappa shape index (κ2) is 4.90. The van der Waals surface area contributed by atoms with Gasteiger partial charge >= 0.3 is 12.4 Å². The summed E-state index contributed by atoms with van der Waals surface area (Å²) in [6.45, 7) is 3.61. The topological polar surface area (TPSA) is 20.2 Å². The Balaban J connectivity index is 1.88. The van der Waals surface area contributed by atoms with Crippen LogP contribution >= 0.6 is 0 Å². The van der Waals surface area contributed by atoms with Gasteiger partial charge in [0.05, 0.1) is 0 Å². The molecule has 4 rings (SSSR count). The van der Waals surface area contributed by atoms with Gasteiger partial charge in [0.25, 0.3) is 11.5 Å². The Morgan fingerprint density at radius 2 is 1.15 bits per heavy atom. The third kappa shape index (κ3) is 1.81. The van der Waals surface area contributed by atoms with E-state index in [4.69, 9.17) is 0 Å². The predicted octanol–water partition coefficient (Wildman–Crippen LogP) is 4.99. The van der Waals surface area contributed by atoms with Gasteiger partial charge in [-0.3, -0.25) is 0 Å².